The molecule has 116 valence electrons. The predicted molar refractivity (Wildman–Crippen MR) is 78.3 cm³/mol. The minimum absolute atomic E-state index is 0.0634. The zero-order valence-corrected chi connectivity index (χ0v) is 12.8. The monoisotopic (exact) mass is 313 g/mol. The summed E-state index contributed by atoms with van der Waals surface area (Å²) in [5.74, 6) is -0.479. The Morgan fingerprint density at radius 1 is 1.38 bits per heavy atom. The quantitative estimate of drug-likeness (QED) is 0.682. The van der Waals surface area contributed by atoms with Gasteiger partial charge in [0.15, 0.2) is 0 Å². The van der Waals surface area contributed by atoms with Crippen LogP contribution in [0.1, 0.15) is 25.8 Å². The maximum atomic E-state index is 12.5. The number of benzene rings is 1. The maximum absolute atomic E-state index is 12.5. The van der Waals surface area contributed by atoms with E-state index in [0.29, 0.717) is 24.5 Å². The molecule has 0 radical (unpaired) electrons. The zero-order chi connectivity index (χ0) is 15.8. The molecule has 1 aromatic carbocycles. The SMILES string of the molecule is CC(C)(NS(=O)(=O)c1cc(N)cc2c1OCCC2)C(N)=O. The average molecular weight is 313 g/mol. The number of fused-ring (bicyclic) bond motifs is 1. The Morgan fingerprint density at radius 2 is 2.05 bits per heavy atom. The summed E-state index contributed by atoms with van der Waals surface area (Å²) in [5, 5.41) is 0. The summed E-state index contributed by atoms with van der Waals surface area (Å²) in [5.41, 5.74) is 10.6. The van der Waals surface area contributed by atoms with Gasteiger partial charge in [0.05, 0.1) is 6.61 Å². The number of sulfonamides is 1. The zero-order valence-electron chi connectivity index (χ0n) is 12.0. The van der Waals surface area contributed by atoms with Gasteiger partial charge in [0, 0.05) is 5.69 Å². The molecule has 8 heteroatoms. The highest BCUT2D eigenvalue weighted by Crippen LogP contribution is 2.34. The van der Waals surface area contributed by atoms with Crippen LogP contribution in [0.25, 0.3) is 0 Å². The topological polar surface area (TPSA) is 125 Å². The van der Waals surface area contributed by atoms with E-state index in [2.05, 4.69) is 4.72 Å². The summed E-state index contributed by atoms with van der Waals surface area (Å²) in [6.07, 6.45) is 1.50. The van der Waals surface area contributed by atoms with Gasteiger partial charge in [-0.15, -0.1) is 0 Å². The van der Waals surface area contributed by atoms with E-state index in [1.165, 1.54) is 19.9 Å². The highest BCUT2D eigenvalue weighted by atomic mass is 32.2. The number of nitrogens with one attached hydrogen (secondary N) is 1. The van der Waals surface area contributed by atoms with Crippen molar-refractivity contribution in [2.75, 3.05) is 12.3 Å². The highest BCUT2D eigenvalue weighted by Gasteiger charge is 2.34. The van der Waals surface area contributed by atoms with Gasteiger partial charge in [-0.3, -0.25) is 4.79 Å². The number of hydrogen-bond acceptors (Lipinski definition) is 5. The van der Waals surface area contributed by atoms with E-state index in [9.17, 15) is 13.2 Å². The number of primary amides is 1. The molecular weight excluding hydrogens is 294 g/mol. The second-order valence-electron chi connectivity index (χ2n) is 5.55. The van der Waals surface area contributed by atoms with Crippen molar-refractivity contribution in [1.29, 1.82) is 0 Å². The number of carbonyl (C=O) groups excluding carboxylic acids is 1. The molecule has 2 rings (SSSR count). The second kappa shape index (κ2) is 5.19. The molecule has 1 aliphatic rings. The Morgan fingerprint density at radius 3 is 2.67 bits per heavy atom. The van der Waals surface area contributed by atoms with Crippen LogP contribution in [0.5, 0.6) is 5.75 Å². The Bertz CT molecular complexity index is 683. The lowest BCUT2D eigenvalue weighted by Crippen LogP contribution is -2.52. The van der Waals surface area contributed by atoms with Crippen molar-refractivity contribution in [1.82, 2.24) is 4.72 Å². The van der Waals surface area contributed by atoms with Crippen molar-refractivity contribution in [3.05, 3.63) is 17.7 Å². The van der Waals surface area contributed by atoms with Crippen LogP contribution in [0, 0.1) is 0 Å². The van der Waals surface area contributed by atoms with E-state index in [0.717, 1.165) is 12.0 Å². The van der Waals surface area contributed by atoms with E-state index in [-0.39, 0.29) is 4.90 Å². The number of rotatable bonds is 4. The third-order valence-corrected chi connectivity index (χ3v) is 4.95. The third-order valence-electron chi connectivity index (χ3n) is 3.29. The maximum Gasteiger partial charge on any atom is 0.245 e. The fraction of sp³-hybridized carbons (Fsp3) is 0.462. The first-order valence-corrected chi connectivity index (χ1v) is 8.01. The molecule has 0 saturated heterocycles. The molecule has 1 amide bonds. The first-order valence-electron chi connectivity index (χ1n) is 6.52. The highest BCUT2D eigenvalue weighted by molar-refractivity contribution is 7.89. The van der Waals surface area contributed by atoms with Gasteiger partial charge in [0.1, 0.15) is 16.2 Å². The summed E-state index contributed by atoms with van der Waals surface area (Å²) in [6.45, 7) is 3.23. The van der Waals surface area contributed by atoms with Crippen LogP contribution in [-0.2, 0) is 21.2 Å². The van der Waals surface area contributed by atoms with E-state index >= 15 is 0 Å². The molecule has 1 aliphatic heterocycles. The standard InChI is InChI=1S/C13H19N3O4S/c1-13(2,12(15)17)16-21(18,19)10-7-9(14)6-8-4-3-5-20-11(8)10/h6-7,16H,3-5,14H2,1-2H3,(H2,15,17). The van der Waals surface area contributed by atoms with Crippen molar-refractivity contribution in [3.8, 4) is 5.75 Å². The lowest BCUT2D eigenvalue weighted by atomic mass is 10.1. The minimum Gasteiger partial charge on any atom is -0.492 e. The molecule has 0 aromatic heterocycles. The molecule has 0 unspecified atom stereocenters. The Balaban J connectivity index is 2.50. The van der Waals surface area contributed by atoms with E-state index in [4.69, 9.17) is 16.2 Å². The fourth-order valence-corrected chi connectivity index (χ4v) is 3.72. The summed E-state index contributed by atoms with van der Waals surface area (Å²) in [4.78, 5) is 11.3. The predicted octanol–water partition coefficient (Wildman–Crippen LogP) is 0.136. The van der Waals surface area contributed by atoms with Crippen molar-refractivity contribution < 1.29 is 17.9 Å². The van der Waals surface area contributed by atoms with Gasteiger partial charge < -0.3 is 16.2 Å². The first-order chi connectivity index (χ1) is 9.63. The van der Waals surface area contributed by atoms with Crippen molar-refractivity contribution in [2.45, 2.75) is 37.1 Å². The van der Waals surface area contributed by atoms with Crippen molar-refractivity contribution in [2.24, 2.45) is 5.73 Å². The van der Waals surface area contributed by atoms with Crippen LogP contribution < -0.4 is 20.9 Å². The Labute approximate surface area is 123 Å². The Kier molecular flexibility index (Phi) is 3.85. The molecule has 0 spiro atoms. The fourth-order valence-electron chi connectivity index (χ4n) is 2.11. The van der Waals surface area contributed by atoms with Crippen LogP contribution >= 0.6 is 0 Å². The number of nitrogens with two attached hydrogens (primary N) is 2. The van der Waals surface area contributed by atoms with Gasteiger partial charge in [0.25, 0.3) is 0 Å². The molecule has 1 heterocycles. The molecule has 0 saturated carbocycles. The lowest BCUT2D eigenvalue weighted by molar-refractivity contribution is -0.122. The molecule has 1 aromatic rings. The van der Waals surface area contributed by atoms with Crippen molar-refractivity contribution >= 4 is 21.6 Å². The van der Waals surface area contributed by atoms with Gasteiger partial charge in [-0.25, -0.2) is 8.42 Å². The van der Waals surface area contributed by atoms with Gasteiger partial charge in [0.2, 0.25) is 15.9 Å². The summed E-state index contributed by atoms with van der Waals surface area (Å²) >= 11 is 0. The summed E-state index contributed by atoms with van der Waals surface area (Å²) < 4.78 is 32.8. The minimum atomic E-state index is -3.98. The number of hydrogen-bond donors (Lipinski definition) is 3. The molecule has 0 atom stereocenters. The van der Waals surface area contributed by atoms with Gasteiger partial charge >= 0.3 is 0 Å². The lowest BCUT2D eigenvalue weighted by Gasteiger charge is -2.25. The van der Waals surface area contributed by atoms with Crippen LogP contribution in [0.2, 0.25) is 0 Å². The second-order valence-corrected chi connectivity index (χ2v) is 7.20. The molecular formula is C13H19N3O4S. The number of amides is 1. The number of aryl methyl sites for hydroxylation is 1. The molecule has 7 nitrogen and oxygen atoms in total. The summed E-state index contributed by atoms with van der Waals surface area (Å²) in [6, 6.07) is 3.02. The van der Waals surface area contributed by atoms with Crippen LogP contribution in [-0.4, -0.2) is 26.5 Å². The van der Waals surface area contributed by atoms with E-state index in [1.807, 2.05) is 0 Å². The van der Waals surface area contributed by atoms with Gasteiger partial charge in [-0.05, 0) is 44.4 Å². The smallest absolute Gasteiger partial charge is 0.245 e. The van der Waals surface area contributed by atoms with Gasteiger partial charge in [-0.2, -0.15) is 4.72 Å². The number of anilines is 1. The number of carbonyl (C=O) groups is 1. The van der Waals surface area contributed by atoms with Crippen LogP contribution in [0.15, 0.2) is 17.0 Å². The normalized spacial score (nSPS) is 15.1. The Hall–Kier alpha value is -1.80. The molecule has 5 N–H and O–H groups in total. The first kappa shape index (κ1) is 15.6. The molecule has 0 fully saturated rings. The molecule has 0 aliphatic carbocycles. The molecule has 0 bridgehead atoms. The van der Waals surface area contributed by atoms with Gasteiger partial charge in [-0.1, -0.05) is 0 Å². The average Bonchev–Trinajstić information content (AvgIpc) is 2.36. The van der Waals surface area contributed by atoms with Crippen LogP contribution in [0.3, 0.4) is 0 Å². The number of ether oxygens (including phenoxy) is 1. The summed E-state index contributed by atoms with van der Waals surface area (Å²) in [7, 11) is -3.98. The van der Waals surface area contributed by atoms with E-state index < -0.39 is 21.5 Å². The van der Waals surface area contributed by atoms with Crippen LogP contribution in [0.4, 0.5) is 5.69 Å². The third kappa shape index (κ3) is 3.11. The van der Waals surface area contributed by atoms with E-state index in [1.54, 1.807) is 6.07 Å². The number of nitrogen functional groups attached to an aromatic ring is 1. The largest absolute Gasteiger partial charge is 0.492 e. The van der Waals surface area contributed by atoms with Crippen molar-refractivity contribution in [3.63, 3.8) is 0 Å². The molecule has 21 heavy (non-hydrogen) atoms.